The van der Waals surface area contributed by atoms with Crippen molar-refractivity contribution in [1.82, 2.24) is 0 Å². The molecule has 0 saturated heterocycles. The lowest BCUT2D eigenvalue weighted by Crippen LogP contribution is -2.32. The van der Waals surface area contributed by atoms with Crippen molar-refractivity contribution in [2.45, 2.75) is 83.5 Å². The van der Waals surface area contributed by atoms with Crippen molar-refractivity contribution in [2.75, 3.05) is 0 Å². The number of hydrogen-bond acceptors (Lipinski definition) is 3. The van der Waals surface area contributed by atoms with E-state index in [0.29, 0.717) is 24.7 Å². The fraction of sp³-hybridized carbons (Fsp3) is 0.533. The Bertz CT molecular complexity index is 1010. The van der Waals surface area contributed by atoms with Crippen LogP contribution in [-0.4, -0.2) is 27.5 Å². The van der Waals surface area contributed by atoms with Gasteiger partial charge >= 0.3 is 0 Å². The van der Waals surface area contributed by atoms with Crippen molar-refractivity contribution in [1.29, 1.82) is 0 Å². The second-order valence-electron chi connectivity index (χ2n) is 11.0. The van der Waals surface area contributed by atoms with Crippen LogP contribution in [0.4, 0.5) is 0 Å². The highest BCUT2D eigenvalue weighted by Crippen LogP contribution is 2.57. The lowest BCUT2D eigenvalue weighted by atomic mass is 9.63. The Kier molecular flexibility index (Phi) is 6.74. The third kappa shape index (κ3) is 5.04. The Labute approximate surface area is 198 Å². The lowest BCUT2D eigenvalue weighted by molar-refractivity contribution is 0.0785. The summed E-state index contributed by atoms with van der Waals surface area (Å²) in [5.41, 5.74) is 4.46. The third-order valence-corrected chi connectivity index (χ3v) is 8.21. The SMILES string of the molecule is C=C1/C(=C\C=C2/CCCC3(C)C(C#Cc4ccc(C(C)(C)O)cc4)CCC23)CC(O)CC1O. The number of hydrogen-bond donors (Lipinski definition) is 3. The molecule has 0 aromatic heterocycles. The van der Waals surface area contributed by atoms with E-state index in [0.717, 1.165) is 41.5 Å². The maximum atomic E-state index is 10.2. The molecule has 0 heterocycles. The van der Waals surface area contributed by atoms with Gasteiger partial charge in [0.2, 0.25) is 0 Å². The molecule has 3 fully saturated rings. The van der Waals surface area contributed by atoms with Gasteiger partial charge in [0.1, 0.15) is 0 Å². The van der Waals surface area contributed by atoms with Crippen molar-refractivity contribution >= 4 is 0 Å². The number of aliphatic hydroxyl groups is 3. The highest BCUT2D eigenvalue weighted by atomic mass is 16.3. The largest absolute Gasteiger partial charge is 0.393 e. The fourth-order valence-electron chi connectivity index (χ4n) is 6.07. The Morgan fingerprint density at radius 2 is 1.85 bits per heavy atom. The van der Waals surface area contributed by atoms with Gasteiger partial charge in [-0.3, -0.25) is 0 Å². The summed E-state index contributed by atoms with van der Waals surface area (Å²) in [6.45, 7) is 10.1. The summed E-state index contributed by atoms with van der Waals surface area (Å²) in [6.07, 6.45) is 9.93. The molecule has 1 aromatic carbocycles. The molecule has 0 spiro atoms. The van der Waals surface area contributed by atoms with Gasteiger partial charge in [-0.1, -0.05) is 55.2 Å². The summed E-state index contributed by atoms with van der Waals surface area (Å²) in [4.78, 5) is 0. The second kappa shape index (κ2) is 9.26. The molecule has 3 heteroatoms. The normalized spacial score (nSPS) is 34.8. The maximum Gasteiger partial charge on any atom is 0.0840 e. The molecule has 0 amide bonds. The first-order valence-corrected chi connectivity index (χ1v) is 12.4. The molecule has 176 valence electrons. The van der Waals surface area contributed by atoms with Crippen LogP contribution in [-0.2, 0) is 5.60 Å². The molecule has 1 aromatic rings. The van der Waals surface area contributed by atoms with Crippen LogP contribution in [0.1, 0.15) is 76.8 Å². The van der Waals surface area contributed by atoms with Crippen LogP contribution in [0.25, 0.3) is 0 Å². The molecular weight excluding hydrogens is 408 g/mol. The molecule has 3 aliphatic rings. The standard InChI is InChI=1S/C30H38O3/c1-20-23(18-26(31)19-28(20)32)11-10-22-6-5-17-30(4)25(15-16-27(22)30)14-9-21-7-12-24(13-8-21)29(2,3)33/h7-8,10-13,25-28,31-33H,1,5-6,15-19H2,2-4H3/b22-10+,23-11-. The van der Waals surface area contributed by atoms with Crippen molar-refractivity contribution in [2.24, 2.45) is 17.3 Å². The highest BCUT2D eigenvalue weighted by molar-refractivity contribution is 5.40. The van der Waals surface area contributed by atoms with Gasteiger partial charge in [0.25, 0.3) is 0 Å². The topological polar surface area (TPSA) is 60.7 Å². The zero-order valence-electron chi connectivity index (χ0n) is 20.3. The summed E-state index contributed by atoms with van der Waals surface area (Å²) in [6, 6.07) is 7.94. The molecule has 0 bridgehead atoms. The second-order valence-corrected chi connectivity index (χ2v) is 11.0. The molecule has 3 saturated carbocycles. The number of rotatable bonds is 2. The Balaban J connectivity index is 1.51. The van der Waals surface area contributed by atoms with Gasteiger partial charge in [-0.2, -0.15) is 0 Å². The fourth-order valence-corrected chi connectivity index (χ4v) is 6.07. The van der Waals surface area contributed by atoms with Crippen LogP contribution in [0.5, 0.6) is 0 Å². The van der Waals surface area contributed by atoms with E-state index in [1.54, 1.807) is 13.8 Å². The molecule has 3 aliphatic carbocycles. The number of allylic oxidation sites excluding steroid dienone is 3. The molecule has 5 unspecified atom stereocenters. The molecular formula is C30H38O3. The van der Waals surface area contributed by atoms with Crippen LogP contribution in [0.2, 0.25) is 0 Å². The minimum absolute atomic E-state index is 0.186. The summed E-state index contributed by atoms with van der Waals surface area (Å²) in [5, 5.41) is 30.4. The van der Waals surface area contributed by atoms with Gasteiger partial charge in [-0.25, -0.2) is 0 Å². The maximum absolute atomic E-state index is 10.2. The molecule has 33 heavy (non-hydrogen) atoms. The zero-order valence-corrected chi connectivity index (χ0v) is 20.3. The van der Waals surface area contributed by atoms with E-state index in [-0.39, 0.29) is 5.41 Å². The van der Waals surface area contributed by atoms with Crippen molar-refractivity contribution < 1.29 is 15.3 Å². The van der Waals surface area contributed by atoms with Gasteiger partial charge in [0.15, 0.2) is 0 Å². The van der Waals surface area contributed by atoms with E-state index in [1.165, 1.54) is 18.4 Å². The first-order valence-electron chi connectivity index (χ1n) is 12.4. The monoisotopic (exact) mass is 446 g/mol. The van der Waals surface area contributed by atoms with Crippen LogP contribution < -0.4 is 0 Å². The van der Waals surface area contributed by atoms with Crippen LogP contribution in [0.3, 0.4) is 0 Å². The third-order valence-electron chi connectivity index (χ3n) is 8.21. The van der Waals surface area contributed by atoms with E-state index in [2.05, 4.69) is 37.5 Å². The summed E-state index contributed by atoms with van der Waals surface area (Å²) in [7, 11) is 0. The molecule has 0 radical (unpaired) electrons. The Morgan fingerprint density at radius 1 is 1.12 bits per heavy atom. The van der Waals surface area contributed by atoms with E-state index in [1.807, 2.05) is 24.3 Å². The average Bonchev–Trinajstić information content (AvgIpc) is 3.10. The van der Waals surface area contributed by atoms with Gasteiger partial charge in [-0.15, -0.1) is 0 Å². The van der Waals surface area contributed by atoms with Crippen molar-refractivity contribution in [3.63, 3.8) is 0 Å². The first kappa shape index (κ1) is 24.0. The predicted octanol–water partition coefficient (Wildman–Crippen LogP) is 5.41. The molecule has 0 aliphatic heterocycles. The van der Waals surface area contributed by atoms with E-state index in [4.69, 9.17) is 0 Å². The minimum Gasteiger partial charge on any atom is -0.393 e. The molecule has 4 rings (SSSR count). The van der Waals surface area contributed by atoms with Gasteiger partial charge in [0.05, 0.1) is 17.8 Å². The number of fused-ring (bicyclic) bond motifs is 1. The van der Waals surface area contributed by atoms with E-state index in [9.17, 15) is 15.3 Å². The molecule has 3 N–H and O–H groups in total. The highest BCUT2D eigenvalue weighted by Gasteiger charge is 2.48. The van der Waals surface area contributed by atoms with Crippen molar-refractivity contribution in [3.05, 3.63) is 70.8 Å². The summed E-state index contributed by atoms with van der Waals surface area (Å²) >= 11 is 0. The molecule has 3 nitrogen and oxygen atoms in total. The van der Waals surface area contributed by atoms with E-state index >= 15 is 0 Å². The first-order chi connectivity index (χ1) is 15.6. The van der Waals surface area contributed by atoms with Crippen molar-refractivity contribution in [3.8, 4) is 11.8 Å². The zero-order chi connectivity index (χ0) is 23.8. The summed E-state index contributed by atoms with van der Waals surface area (Å²) in [5.74, 6) is 7.92. The van der Waals surface area contributed by atoms with Gasteiger partial charge in [0, 0.05) is 17.9 Å². The van der Waals surface area contributed by atoms with Gasteiger partial charge < -0.3 is 15.3 Å². The lowest BCUT2D eigenvalue weighted by Gasteiger charge is -2.40. The Hall–Kier alpha value is -2.12. The van der Waals surface area contributed by atoms with Gasteiger partial charge in [-0.05, 0) is 92.5 Å². The number of benzene rings is 1. The van der Waals surface area contributed by atoms with Crippen LogP contribution >= 0.6 is 0 Å². The average molecular weight is 447 g/mol. The van der Waals surface area contributed by atoms with Crippen LogP contribution in [0.15, 0.2) is 59.7 Å². The smallest absolute Gasteiger partial charge is 0.0840 e. The molecule has 5 atom stereocenters. The summed E-state index contributed by atoms with van der Waals surface area (Å²) < 4.78 is 0. The number of aliphatic hydroxyl groups excluding tert-OH is 2. The Morgan fingerprint density at radius 3 is 2.55 bits per heavy atom. The quantitative estimate of drug-likeness (QED) is 0.533. The van der Waals surface area contributed by atoms with Crippen LogP contribution in [0, 0.1) is 29.1 Å². The minimum atomic E-state index is -0.835. The predicted molar refractivity (Wildman–Crippen MR) is 133 cm³/mol. The van der Waals surface area contributed by atoms with E-state index < -0.39 is 17.8 Å².